The molecule has 1 fully saturated rings. The van der Waals surface area contributed by atoms with Gasteiger partial charge < -0.3 is 10.1 Å². The van der Waals surface area contributed by atoms with Gasteiger partial charge in [0.1, 0.15) is 5.75 Å². The molecule has 5 rings (SSSR count). The molecular formula is C24H25N3O2. The Morgan fingerprint density at radius 2 is 1.79 bits per heavy atom. The van der Waals surface area contributed by atoms with Crippen molar-refractivity contribution in [2.24, 2.45) is 5.41 Å². The number of amides is 1. The zero-order chi connectivity index (χ0) is 20.2. The van der Waals surface area contributed by atoms with Gasteiger partial charge in [0.25, 0.3) is 0 Å². The largest absolute Gasteiger partial charge is 0.494 e. The van der Waals surface area contributed by atoms with Crippen LogP contribution in [0.3, 0.4) is 0 Å². The number of carbonyl (C=O) groups is 1. The number of hydrogen-bond donors (Lipinski definition) is 1. The molecule has 2 aliphatic carbocycles. The number of nitrogens with one attached hydrogen (secondary N) is 1. The minimum Gasteiger partial charge on any atom is -0.494 e. The number of carbonyl (C=O) groups excluding carboxylic acids is 1. The van der Waals surface area contributed by atoms with Crippen LogP contribution in [0.4, 0.5) is 5.69 Å². The highest BCUT2D eigenvalue weighted by Crippen LogP contribution is 2.67. The Balaban J connectivity index is 1.56. The number of aromatic nitrogens is 2. The first kappa shape index (κ1) is 18.1. The number of hydrogen-bond acceptors (Lipinski definition) is 4. The molecule has 1 amide bonds. The number of rotatable bonds is 4. The van der Waals surface area contributed by atoms with E-state index in [1.807, 2.05) is 55.5 Å². The predicted octanol–water partition coefficient (Wildman–Crippen LogP) is 4.82. The highest BCUT2D eigenvalue weighted by atomic mass is 16.5. The lowest BCUT2D eigenvalue weighted by Gasteiger charge is -2.36. The average Bonchev–Trinajstić information content (AvgIpc) is 3.09. The summed E-state index contributed by atoms with van der Waals surface area (Å²) < 4.78 is 5.50. The van der Waals surface area contributed by atoms with Crippen LogP contribution in [-0.4, -0.2) is 22.5 Å². The van der Waals surface area contributed by atoms with E-state index in [2.05, 4.69) is 19.2 Å². The summed E-state index contributed by atoms with van der Waals surface area (Å²) in [4.78, 5) is 23.6. The topological polar surface area (TPSA) is 64.1 Å². The second-order valence-corrected chi connectivity index (χ2v) is 8.58. The second kappa shape index (κ2) is 6.28. The van der Waals surface area contributed by atoms with E-state index in [1.54, 1.807) is 0 Å². The quantitative estimate of drug-likeness (QED) is 0.697. The van der Waals surface area contributed by atoms with E-state index in [-0.39, 0.29) is 17.2 Å². The Labute approximate surface area is 170 Å². The van der Waals surface area contributed by atoms with Gasteiger partial charge in [-0.05, 0) is 61.6 Å². The lowest BCUT2D eigenvalue weighted by Crippen LogP contribution is -2.46. The number of benzene rings is 2. The normalized spacial score (nSPS) is 23.8. The van der Waals surface area contributed by atoms with E-state index >= 15 is 0 Å². The zero-order valence-corrected chi connectivity index (χ0v) is 17.0. The fraction of sp³-hybridized carbons (Fsp3) is 0.375. The maximum absolute atomic E-state index is 13.7. The van der Waals surface area contributed by atoms with Crippen LogP contribution in [0.25, 0.3) is 11.0 Å². The maximum atomic E-state index is 13.7. The SMILES string of the molecule is CCOc1ccc(NC(=O)C23CCC(c4nc5ccccc5nc42)C3(C)C)cc1. The standard InChI is InChI=1S/C24H25N3O2/c1-4-29-16-11-9-15(10-12-16)25-22(28)24-14-13-17(23(24,2)3)20-21(24)27-19-8-6-5-7-18(19)26-20/h5-12,17H,4,13-14H2,1-3H3,(H,25,28). The minimum absolute atomic E-state index is 0.0116. The Kier molecular flexibility index (Phi) is 3.92. The summed E-state index contributed by atoms with van der Waals surface area (Å²) >= 11 is 0. The predicted molar refractivity (Wildman–Crippen MR) is 113 cm³/mol. The molecule has 2 bridgehead atoms. The highest BCUT2D eigenvalue weighted by molar-refractivity contribution is 6.01. The molecular weight excluding hydrogens is 362 g/mol. The summed E-state index contributed by atoms with van der Waals surface area (Å²) in [6.45, 7) is 6.95. The van der Waals surface area contributed by atoms with Crippen molar-refractivity contribution in [3.8, 4) is 5.75 Å². The van der Waals surface area contributed by atoms with Gasteiger partial charge in [0, 0.05) is 11.6 Å². The smallest absolute Gasteiger partial charge is 0.237 e. The number of nitrogens with zero attached hydrogens (tertiary/aromatic N) is 2. The van der Waals surface area contributed by atoms with Crippen LogP contribution in [0.1, 0.15) is 50.9 Å². The van der Waals surface area contributed by atoms with E-state index in [1.165, 1.54) is 0 Å². The van der Waals surface area contributed by atoms with Gasteiger partial charge in [-0.15, -0.1) is 0 Å². The first-order valence-electron chi connectivity index (χ1n) is 10.3. The number of fused-ring (bicyclic) bond motifs is 6. The highest BCUT2D eigenvalue weighted by Gasteiger charge is 2.67. The molecule has 1 saturated carbocycles. The summed E-state index contributed by atoms with van der Waals surface area (Å²) in [7, 11) is 0. The van der Waals surface area contributed by atoms with Crippen LogP contribution in [0.5, 0.6) is 5.75 Å². The van der Waals surface area contributed by atoms with Gasteiger partial charge in [0.15, 0.2) is 0 Å². The molecule has 148 valence electrons. The third-order valence-corrected chi connectivity index (χ3v) is 6.92. The van der Waals surface area contributed by atoms with Crippen LogP contribution in [0, 0.1) is 5.41 Å². The van der Waals surface area contributed by atoms with Crippen molar-refractivity contribution in [3.63, 3.8) is 0 Å². The molecule has 1 heterocycles. The number of anilines is 1. The second-order valence-electron chi connectivity index (χ2n) is 8.58. The van der Waals surface area contributed by atoms with Gasteiger partial charge in [-0.1, -0.05) is 26.0 Å². The summed E-state index contributed by atoms with van der Waals surface area (Å²) in [5.74, 6) is 1.06. The lowest BCUT2D eigenvalue weighted by atomic mass is 9.67. The summed E-state index contributed by atoms with van der Waals surface area (Å²) in [5.41, 5.74) is 3.49. The van der Waals surface area contributed by atoms with Gasteiger partial charge >= 0.3 is 0 Å². The molecule has 5 heteroatoms. The Morgan fingerprint density at radius 3 is 2.48 bits per heavy atom. The van der Waals surface area contributed by atoms with Gasteiger partial charge in [0.2, 0.25) is 5.91 Å². The van der Waals surface area contributed by atoms with E-state index in [0.29, 0.717) is 6.61 Å². The molecule has 2 unspecified atom stereocenters. The van der Waals surface area contributed by atoms with Gasteiger partial charge in [-0.2, -0.15) is 0 Å². The molecule has 0 aliphatic heterocycles. The van der Waals surface area contributed by atoms with Crippen molar-refractivity contribution in [2.45, 2.75) is 44.9 Å². The molecule has 1 N–H and O–H groups in total. The molecule has 2 aromatic carbocycles. The number of ether oxygens (including phenoxy) is 1. The molecule has 0 saturated heterocycles. The summed E-state index contributed by atoms with van der Waals surface area (Å²) in [6.07, 6.45) is 1.76. The maximum Gasteiger partial charge on any atom is 0.237 e. The molecule has 0 radical (unpaired) electrons. The van der Waals surface area contributed by atoms with E-state index in [9.17, 15) is 4.79 Å². The Bertz CT molecular complexity index is 1110. The van der Waals surface area contributed by atoms with Crippen molar-refractivity contribution in [1.82, 2.24) is 9.97 Å². The zero-order valence-electron chi connectivity index (χ0n) is 17.0. The van der Waals surface area contributed by atoms with E-state index in [0.717, 1.165) is 46.7 Å². The van der Waals surface area contributed by atoms with Crippen molar-refractivity contribution in [2.75, 3.05) is 11.9 Å². The van der Waals surface area contributed by atoms with Crippen LogP contribution < -0.4 is 10.1 Å². The Morgan fingerprint density at radius 1 is 1.10 bits per heavy atom. The molecule has 2 atom stereocenters. The molecule has 3 aromatic rings. The van der Waals surface area contributed by atoms with E-state index < -0.39 is 5.41 Å². The lowest BCUT2D eigenvalue weighted by molar-refractivity contribution is -0.124. The van der Waals surface area contributed by atoms with E-state index in [4.69, 9.17) is 14.7 Å². The van der Waals surface area contributed by atoms with Gasteiger partial charge in [-0.25, -0.2) is 9.97 Å². The molecule has 5 nitrogen and oxygen atoms in total. The third kappa shape index (κ3) is 2.43. The van der Waals surface area contributed by atoms with Crippen LogP contribution in [0.15, 0.2) is 48.5 Å². The average molecular weight is 387 g/mol. The van der Waals surface area contributed by atoms with Crippen molar-refractivity contribution >= 4 is 22.6 Å². The molecule has 0 spiro atoms. The monoisotopic (exact) mass is 387 g/mol. The van der Waals surface area contributed by atoms with Gasteiger partial charge in [0.05, 0.1) is 34.4 Å². The Hall–Kier alpha value is -2.95. The van der Waals surface area contributed by atoms with Crippen LogP contribution in [-0.2, 0) is 10.2 Å². The van der Waals surface area contributed by atoms with Gasteiger partial charge in [-0.3, -0.25) is 4.79 Å². The fourth-order valence-corrected chi connectivity index (χ4v) is 5.37. The molecule has 29 heavy (non-hydrogen) atoms. The first-order valence-corrected chi connectivity index (χ1v) is 10.3. The first-order chi connectivity index (χ1) is 14.0. The fourth-order valence-electron chi connectivity index (χ4n) is 5.37. The molecule has 2 aliphatic rings. The summed E-state index contributed by atoms with van der Waals surface area (Å²) in [5, 5.41) is 3.15. The van der Waals surface area contributed by atoms with Crippen molar-refractivity contribution in [1.29, 1.82) is 0 Å². The number of para-hydroxylation sites is 2. The van der Waals surface area contributed by atoms with Crippen molar-refractivity contribution in [3.05, 3.63) is 59.9 Å². The van der Waals surface area contributed by atoms with Crippen LogP contribution >= 0.6 is 0 Å². The third-order valence-electron chi connectivity index (χ3n) is 6.92. The molecule has 1 aromatic heterocycles. The van der Waals surface area contributed by atoms with Crippen molar-refractivity contribution < 1.29 is 9.53 Å². The minimum atomic E-state index is -0.664. The van der Waals surface area contributed by atoms with Crippen LogP contribution in [0.2, 0.25) is 0 Å². The summed E-state index contributed by atoms with van der Waals surface area (Å²) in [6, 6.07) is 15.5.